The molecular weight excluding hydrogens is 384 g/mol. The maximum atomic E-state index is 12.4. The third-order valence-corrected chi connectivity index (χ3v) is 6.19. The van der Waals surface area contributed by atoms with Gasteiger partial charge in [0.25, 0.3) is 0 Å². The highest BCUT2D eigenvalue weighted by Crippen LogP contribution is 2.31. The van der Waals surface area contributed by atoms with Crippen molar-refractivity contribution in [3.05, 3.63) is 24.3 Å². The Kier molecular flexibility index (Phi) is 8.49. The van der Waals surface area contributed by atoms with E-state index in [0.29, 0.717) is 18.3 Å². The highest BCUT2D eigenvalue weighted by atomic mass is 32.2. The van der Waals surface area contributed by atoms with Crippen molar-refractivity contribution in [2.24, 2.45) is 15.2 Å². The lowest BCUT2D eigenvalue weighted by Gasteiger charge is -2.40. The average Bonchev–Trinajstić information content (AvgIpc) is 3.19. The van der Waals surface area contributed by atoms with Crippen LogP contribution in [0.4, 0.5) is 16.2 Å². The van der Waals surface area contributed by atoms with E-state index in [1.807, 2.05) is 30.9 Å². The van der Waals surface area contributed by atoms with Gasteiger partial charge >= 0.3 is 6.03 Å². The summed E-state index contributed by atoms with van der Waals surface area (Å²) >= 11 is 1.59. The molecule has 0 bridgehead atoms. The van der Waals surface area contributed by atoms with Gasteiger partial charge in [-0.05, 0) is 65.8 Å². The van der Waals surface area contributed by atoms with Gasteiger partial charge in [0.2, 0.25) is 5.17 Å². The summed E-state index contributed by atoms with van der Waals surface area (Å²) in [5.74, 6) is 0.790. The van der Waals surface area contributed by atoms with Gasteiger partial charge in [-0.25, -0.2) is 4.79 Å². The van der Waals surface area contributed by atoms with Crippen LogP contribution in [0.15, 0.2) is 39.5 Å². The van der Waals surface area contributed by atoms with Crippen LogP contribution in [0.3, 0.4) is 0 Å². The number of benzene rings is 1. The van der Waals surface area contributed by atoms with E-state index in [0.717, 1.165) is 24.5 Å². The molecule has 7 nitrogen and oxygen atoms in total. The van der Waals surface area contributed by atoms with Gasteiger partial charge in [-0.3, -0.25) is 4.99 Å². The minimum Gasteiger partial charge on any atom is -0.372 e. The molecular formula is C21H34N6OS. The third kappa shape index (κ3) is 5.72. The van der Waals surface area contributed by atoms with E-state index in [-0.39, 0.29) is 12.1 Å². The minimum atomic E-state index is -0.399. The molecule has 1 atom stereocenters. The number of likely N-dealkylation sites (N-methyl/N-ethyl adjacent to an activating group) is 1. The van der Waals surface area contributed by atoms with Crippen LogP contribution in [-0.2, 0) is 0 Å². The fraction of sp³-hybridized carbons (Fsp3) is 0.619. The fourth-order valence-electron chi connectivity index (χ4n) is 3.44. The molecule has 0 saturated heterocycles. The zero-order valence-corrected chi connectivity index (χ0v) is 19.3. The molecule has 1 aromatic carbocycles. The fourth-order valence-corrected chi connectivity index (χ4v) is 4.53. The normalized spacial score (nSPS) is 16.8. The molecule has 2 amide bonds. The van der Waals surface area contributed by atoms with Gasteiger partial charge in [-0.1, -0.05) is 11.8 Å². The molecule has 1 N–H and O–H groups in total. The number of carbonyl (C=O) groups is 1. The van der Waals surface area contributed by atoms with Gasteiger partial charge < -0.3 is 15.1 Å². The predicted octanol–water partition coefficient (Wildman–Crippen LogP) is 4.92. The molecule has 1 aliphatic rings. The smallest absolute Gasteiger partial charge is 0.317 e. The first kappa shape index (κ1) is 23.2. The van der Waals surface area contributed by atoms with Crippen LogP contribution in [0.5, 0.6) is 0 Å². The second-order valence-electron chi connectivity index (χ2n) is 7.36. The Hall–Kier alpha value is -2.09. The molecule has 0 spiro atoms. The van der Waals surface area contributed by atoms with Gasteiger partial charge in [0.1, 0.15) is 0 Å². The number of nitrogens with one attached hydrogen (secondary N) is 1. The van der Waals surface area contributed by atoms with Gasteiger partial charge in [0, 0.05) is 37.6 Å². The molecule has 0 fully saturated rings. The number of rotatable bonds is 8. The maximum absolute atomic E-state index is 12.4. The van der Waals surface area contributed by atoms with E-state index in [9.17, 15) is 4.79 Å². The molecule has 29 heavy (non-hydrogen) atoms. The van der Waals surface area contributed by atoms with Crippen molar-refractivity contribution in [2.75, 3.05) is 36.8 Å². The highest BCUT2D eigenvalue weighted by molar-refractivity contribution is 8.14. The molecule has 8 heteroatoms. The van der Waals surface area contributed by atoms with E-state index < -0.39 is 5.54 Å². The predicted molar refractivity (Wildman–Crippen MR) is 124 cm³/mol. The lowest BCUT2D eigenvalue weighted by Crippen LogP contribution is -2.57. The quantitative estimate of drug-likeness (QED) is 0.609. The monoisotopic (exact) mass is 418 g/mol. The Balaban J connectivity index is 2.07. The summed E-state index contributed by atoms with van der Waals surface area (Å²) in [6, 6.07) is 8.03. The summed E-state index contributed by atoms with van der Waals surface area (Å²) in [4.78, 5) is 21.3. The topological polar surface area (TPSA) is 72.7 Å². The number of aliphatic imine (C=N–C) groups is 1. The Bertz CT molecular complexity index is 727. The van der Waals surface area contributed by atoms with E-state index >= 15 is 0 Å². The van der Waals surface area contributed by atoms with E-state index in [1.54, 1.807) is 11.8 Å². The number of amidine groups is 1. The summed E-state index contributed by atoms with van der Waals surface area (Å²) < 4.78 is 0. The van der Waals surface area contributed by atoms with Gasteiger partial charge in [0.15, 0.2) is 0 Å². The van der Waals surface area contributed by atoms with E-state index in [4.69, 9.17) is 4.99 Å². The number of amides is 2. The molecule has 0 aliphatic carbocycles. The second-order valence-corrected chi connectivity index (χ2v) is 8.35. The Morgan fingerprint density at radius 2 is 1.79 bits per heavy atom. The average molecular weight is 419 g/mol. The van der Waals surface area contributed by atoms with Crippen molar-refractivity contribution < 1.29 is 4.79 Å². The van der Waals surface area contributed by atoms with Crippen LogP contribution >= 0.6 is 11.8 Å². The van der Waals surface area contributed by atoms with Crippen LogP contribution in [0.2, 0.25) is 0 Å². The van der Waals surface area contributed by atoms with Crippen LogP contribution in [-0.4, -0.2) is 59.6 Å². The van der Waals surface area contributed by atoms with Crippen molar-refractivity contribution in [3.8, 4) is 0 Å². The van der Waals surface area contributed by atoms with Crippen molar-refractivity contribution in [2.45, 2.75) is 53.1 Å². The van der Waals surface area contributed by atoms with Crippen LogP contribution in [0.25, 0.3) is 0 Å². The zero-order valence-electron chi connectivity index (χ0n) is 18.5. The highest BCUT2D eigenvalue weighted by Gasteiger charge is 2.40. The largest absolute Gasteiger partial charge is 0.372 e. The van der Waals surface area contributed by atoms with Crippen molar-refractivity contribution in [1.82, 2.24) is 10.2 Å². The van der Waals surface area contributed by atoms with Gasteiger partial charge in [-0.2, -0.15) is 0 Å². The van der Waals surface area contributed by atoms with Crippen LogP contribution < -0.4 is 10.2 Å². The summed E-state index contributed by atoms with van der Waals surface area (Å²) in [7, 11) is 0. The minimum absolute atomic E-state index is 0.0194. The lowest BCUT2D eigenvalue weighted by atomic mass is 9.94. The van der Waals surface area contributed by atoms with Crippen LogP contribution in [0, 0.1) is 0 Å². The molecule has 0 saturated carbocycles. The molecule has 1 heterocycles. The van der Waals surface area contributed by atoms with Crippen molar-refractivity contribution in [1.29, 1.82) is 0 Å². The van der Waals surface area contributed by atoms with Crippen molar-refractivity contribution >= 4 is 34.3 Å². The van der Waals surface area contributed by atoms with E-state index in [1.165, 1.54) is 5.69 Å². The SMILES string of the molecule is CCNC(=O)N(CC)C(C)(C)C1CSC(/N=N/c2ccc(N(CC)CC)cc2)=N1. The summed E-state index contributed by atoms with van der Waals surface area (Å²) in [5.41, 5.74) is 1.60. The maximum Gasteiger partial charge on any atom is 0.317 e. The standard InChI is InChI=1S/C21H34N6OS/c1-7-22-20(28)27(10-4)21(5,6)18-15-29-19(23-18)25-24-16-11-13-17(14-12-16)26(8-2)9-3/h11-14,18H,7-10,15H2,1-6H3,(H,22,28)/b25-24+. The summed E-state index contributed by atoms with van der Waals surface area (Å²) in [6.07, 6.45) is 0. The summed E-state index contributed by atoms with van der Waals surface area (Å²) in [6.45, 7) is 15.5. The first-order valence-electron chi connectivity index (χ1n) is 10.4. The molecule has 0 radical (unpaired) electrons. The Morgan fingerprint density at radius 1 is 1.14 bits per heavy atom. The number of urea groups is 1. The number of anilines is 1. The first-order valence-corrected chi connectivity index (χ1v) is 11.4. The zero-order chi connectivity index (χ0) is 21.4. The third-order valence-electron chi connectivity index (χ3n) is 5.27. The van der Waals surface area contributed by atoms with Crippen molar-refractivity contribution in [3.63, 3.8) is 0 Å². The Labute approximate surface area is 179 Å². The number of azo groups is 1. The number of carbonyl (C=O) groups excluding carboxylic acids is 1. The molecule has 0 aromatic heterocycles. The Morgan fingerprint density at radius 3 is 2.34 bits per heavy atom. The van der Waals surface area contributed by atoms with Gasteiger partial charge in [0.05, 0.1) is 17.3 Å². The van der Waals surface area contributed by atoms with Gasteiger partial charge in [-0.15, -0.1) is 10.2 Å². The molecule has 2 rings (SSSR count). The van der Waals surface area contributed by atoms with Crippen LogP contribution in [0.1, 0.15) is 41.5 Å². The molecule has 1 aliphatic heterocycles. The van der Waals surface area contributed by atoms with E-state index in [2.05, 4.69) is 60.3 Å². The number of hydrogen-bond acceptors (Lipinski definition) is 6. The number of thioether (sulfide) groups is 1. The number of hydrogen-bond donors (Lipinski definition) is 1. The summed E-state index contributed by atoms with van der Waals surface area (Å²) in [5, 5.41) is 12.3. The molecule has 160 valence electrons. The molecule has 1 aromatic rings. The second kappa shape index (κ2) is 10.6. The first-order chi connectivity index (χ1) is 13.9. The lowest BCUT2D eigenvalue weighted by molar-refractivity contribution is 0.127. The number of nitrogens with zero attached hydrogens (tertiary/aromatic N) is 5. The molecule has 1 unspecified atom stereocenters.